The topological polar surface area (TPSA) is 52.6 Å². The molecule has 0 radical (unpaired) electrons. The lowest BCUT2D eigenvalue weighted by molar-refractivity contribution is -0.0751. The summed E-state index contributed by atoms with van der Waals surface area (Å²) < 4.78 is 12.0. The zero-order valence-electron chi connectivity index (χ0n) is 16.4. The summed E-state index contributed by atoms with van der Waals surface area (Å²) in [7, 11) is 0. The number of rotatable bonds is 4. The first-order valence-corrected chi connectivity index (χ1v) is 10.3. The van der Waals surface area contributed by atoms with Gasteiger partial charge in [-0.2, -0.15) is 0 Å². The molecule has 0 heterocycles. The smallest absolute Gasteiger partial charge is 0.338 e. The number of hydrogen-bond acceptors (Lipinski definition) is 4. The quantitative estimate of drug-likeness (QED) is 0.573. The van der Waals surface area contributed by atoms with Crippen LogP contribution in [0.3, 0.4) is 0 Å². The van der Waals surface area contributed by atoms with Gasteiger partial charge in [0.1, 0.15) is 12.2 Å². The molecule has 6 rings (SSSR count). The molecule has 150 valence electrons. The van der Waals surface area contributed by atoms with E-state index in [0.29, 0.717) is 11.1 Å². The minimum Gasteiger partial charge on any atom is -0.454 e. The Labute approximate surface area is 175 Å². The van der Waals surface area contributed by atoms with Gasteiger partial charge in [-0.05, 0) is 48.2 Å². The molecule has 2 bridgehead atoms. The van der Waals surface area contributed by atoms with Crippen molar-refractivity contribution in [3.63, 3.8) is 0 Å². The van der Waals surface area contributed by atoms with Crippen LogP contribution in [0.5, 0.6) is 0 Å². The maximum absolute atomic E-state index is 12.8. The summed E-state index contributed by atoms with van der Waals surface area (Å²) in [6, 6.07) is 26.2. The SMILES string of the molecule is O=C(O[C@@H]1C2CCC(c3ccccc32)[C@@H]1OC(=O)c1ccccc1)c1ccccc1. The van der Waals surface area contributed by atoms with Crippen molar-refractivity contribution in [1.29, 1.82) is 0 Å². The van der Waals surface area contributed by atoms with Crippen molar-refractivity contribution in [2.75, 3.05) is 0 Å². The van der Waals surface area contributed by atoms with Crippen molar-refractivity contribution in [3.8, 4) is 0 Å². The first kappa shape index (κ1) is 18.6. The Morgan fingerprint density at radius 1 is 0.567 bits per heavy atom. The van der Waals surface area contributed by atoms with Crippen molar-refractivity contribution in [3.05, 3.63) is 107 Å². The fourth-order valence-electron chi connectivity index (χ4n) is 4.83. The molecule has 3 aliphatic carbocycles. The van der Waals surface area contributed by atoms with Gasteiger partial charge in [0, 0.05) is 11.8 Å². The van der Waals surface area contributed by atoms with Gasteiger partial charge in [0.05, 0.1) is 11.1 Å². The first-order chi connectivity index (χ1) is 14.7. The third-order valence-corrected chi connectivity index (χ3v) is 6.21. The van der Waals surface area contributed by atoms with Crippen LogP contribution in [0.2, 0.25) is 0 Å². The molecule has 1 saturated carbocycles. The largest absolute Gasteiger partial charge is 0.454 e. The number of ether oxygens (including phenoxy) is 2. The third-order valence-electron chi connectivity index (χ3n) is 6.21. The first-order valence-electron chi connectivity index (χ1n) is 10.3. The third kappa shape index (κ3) is 3.28. The fourth-order valence-corrected chi connectivity index (χ4v) is 4.83. The lowest BCUT2D eigenvalue weighted by atomic mass is 9.64. The molecule has 0 N–H and O–H groups in total. The molecule has 0 aromatic heterocycles. The molecule has 30 heavy (non-hydrogen) atoms. The van der Waals surface area contributed by atoms with Gasteiger partial charge in [-0.25, -0.2) is 9.59 Å². The van der Waals surface area contributed by atoms with Gasteiger partial charge >= 0.3 is 11.9 Å². The summed E-state index contributed by atoms with van der Waals surface area (Å²) in [4.78, 5) is 25.7. The van der Waals surface area contributed by atoms with Crippen molar-refractivity contribution in [2.24, 2.45) is 0 Å². The molecule has 3 aromatic rings. The Hall–Kier alpha value is -3.40. The monoisotopic (exact) mass is 398 g/mol. The van der Waals surface area contributed by atoms with E-state index in [2.05, 4.69) is 12.1 Å². The van der Waals surface area contributed by atoms with Crippen LogP contribution in [0.25, 0.3) is 0 Å². The highest BCUT2D eigenvalue weighted by molar-refractivity contribution is 5.90. The number of benzene rings is 3. The van der Waals surface area contributed by atoms with E-state index >= 15 is 0 Å². The molecule has 2 unspecified atom stereocenters. The highest BCUT2D eigenvalue weighted by Crippen LogP contribution is 2.51. The minimum absolute atomic E-state index is 0.0208. The molecule has 1 fully saturated rings. The van der Waals surface area contributed by atoms with E-state index in [1.807, 2.05) is 48.5 Å². The van der Waals surface area contributed by atoms with Crippen LogP contribution < -0.4 is 0 Å². The fraction of sp³-hybridized carbons (Fsp3) is 0.231. The van der Waals surface area contributed by atoms with Gasteiger partial charge in [0.2, 0.25) is 0 Å². The molecule has 0 spiro atoms. The average molecular weight is 398 g/mol. The lowest BCUT2D eigenvalue weighted by Gasteiger charge is -2.47. The zero-order chi connectivity index (χ0) is 20.5. The van der Waals surface area contributed by atoms with E-state index in [0.717, 1.165) is 12.8 Å². The van der Waals surface area contributed by atoms with Gasteiger partial charge < -0.3 is 9.47 Å². The second-order valence-corrected chi connectivity index (χ2v) is 7.89. The van der Waals surface area contributed by atoms with Crippen molar-refractivity contribution < 1.29 is 19.1 Å². The molecular weight excluding hydrogens is 376 g/mol. The van der Waals surface area contributed by atoms with Gasteiger partial charge in [0.25, 0.3) is 0 Å². The minimum atomic E-state index is -0.501. The molecule has 0 amide bonds. The van der Waals surface area contributed by atoms with E-state index in [1.165, 1.54) is 11.1 Å². The molecule has 3 aromatic carbocycles. The number of hydrogen-bond donors (Lipinski definition) is 0. The Morgan fingerprint density at radius 3 is 1.33 bits per heavy atom. The van der Waals surface area contributed by atoms with Crippen LogP contribution >= 0.6 is 0 Å². The molecule has 4 heteroatoms. The Kier molecular flexibility index (Phi) is 4.83. The van der Waals surface area contributed by atoms with Gasteiger partial charge in [-0.3, -0.25) is 0 Å². The second-order valence-electron chi connectivity index (χ2n) is 7.89. The Balaban J connectivity index is 1.47. The number of carbonyl (C=O) groups is 2. The van der Waals surface area contributed by atoms with Gasteiger partial charge in [-0.1, -0.05) is 60.7 Å². The molecule has 0 aliphatic heterocycles. The maximum Gasteiger partial charge on any atom is 0.338 e. The molecular formula is C26H22O4. The van der Waals surface area contributed by atoms with Crippen LogP contribution in [-0.2, 0) is 9.47 Å². The van der Waals surface area contributed by atoms with E-state index in [4.69, 9.17) is 9.47 Å². The predicted octanol–water partition coefficient (Wildman–Crippen LogP) is 5.11. The van der Waals surface area contributed by atoms with E-state index < -0.39 is 12.2 Å². The van der Waals surface area contributed by atoms with E-state index in [1.54, 1.807) is 24.3 Å². The highest BCUT2D eigenvalue weighted by atomic mass is 16.6. The Morgan fingerprint density at radius 2 is 0.933 bits per heavy atom. The number of carbonyl (C=O) groups excluding carboxylic acids is 2. The highest BCUT2D eigenvalue weighted by Gasteiger charge is 2.51. The second kappa shape index (κ2) is 7.79. The summed E-state index contributed by atoms with van der Waals surface area (Å²) in [5, 5.41) is 0. The van der Waals surface area contributed by atoms with Crippen molar-refractivity contribution in [1.82, 2.24) is 0 Å². The predicted molar refractivity (Wildman–Crippen MR) is 112 cm³/mol. The van der Waals surface area contributed by atoms with Gasteiger partial charge in [0.15, 0.2) is 0 Å². The number of esters is 2. The van der Waals surface area contributed by atoms with E-state index in [9.17, 15) is 9.59 Å². The number of fused-ring (bicyclic) bond motifs is 2. The summed E-state index contributed by atoms with van der Waals surface area (Å²) in [6.45, 7) is 0. The average Bonchev–Trinajstić information content (AvgIpc) is 2.82. The maximum atomic E-state index is 12.8. The molecule has 4 nitrogen and oxygen atoms in total. The molecule has 4 atom stereocenters. The standard InChI is InChI=1S/C26H22O4/c27-25(17-9-3-1-4-10-17)29-23-21-15-16-22(20-14-8-7-13-19(20)21)24(23)30-26(28)18-11-5-2-6-12-18/h1-14,21-24H,15-16H2/t21?,22?,23-,24+. The lowest BCUT2D eigenvalue weighted by Crippen LogP contribution is -2.50. The summed E-state index contributed by atoms with van der Waals surface area (Å²) >= 11 is 0. The van der Waals surface area contributed by atoms with E-state index in [-0.39, 0.29) is 23.8 Å². The van der Waals surface area contributed by atoms with Crippen LogP contribution in [0, 0.1) is 0 Å². The molecule has 3 aliphatic rings. The summed E-state index contributed by atoms with van der Waals surface area (Å²) in [5.74, 6) is -0.724. The van der Waals surface area contributed by atoms with Crippen LogP contribution in [0.15, 0.2) is 84.9 Å². The van der Waals surface area contributed by atoms with Gasteiger partial charge in [-0.15, -0.1) is 0 Å². The van der Waals surface area contributed by atoms with Crippen molar-refractivity contribution in [2.45, 2.75) is 36.9 Å². The zero-order valence-corrected chi connectivity index (χ0v) is 16.4. The van der Waals surface area contributed by atoms with Crippen molar-refractivity contribution >= 4 is 11.9 Å². The van der Waals surface area contributed by atoms with Crippen LogP contribution in [0.1, 0.15) is 56.5 Å². The summed E-state index contributed by atoms with van der Waals surface area (Å²) in [6.07, 6.45) is 0.819. The summed E-state index contributed by atoms with van der Waals surface area (Å²) in [5.41, 5.74) is 3.40. The van der Waals surface area contributed by atoms with Crippen LogP contribution in [0.4, 0.5) is 0 Å². The molecule has 0 saturated heterocycles. The van der Waals surface area contributed by atoms with Crippen LogP contribution in [-0.4, -0.2) is 24.1 Å². The Bertz CT molecular complexity index is 974. The normalized spacial score (nSPS) is 24.0.